The zero-order valence-electron chi connectivity index (χ0n) is 10.4. The van der Waals surface area contributed by atoms with Crippen LogP contribution in [0.2, 0.25) is 0 Å². The van der Waals surface area contributed by atoms with Crippen molar-refractivity contribution in [2.45, 2.75) is 25.3 Å². The van der Waals surface area contributed by atoms with Crippen LogP contribution in [0.25, 0.3) is 0 Å². The summed E-state index contributed by atoms with van der Waals surface area (Å²) in [6, 6.07) is 9.50. The molecule has 1 aromatic heterocycles. The number of nitrogens with zero attached hydrogens (tertiary/aromatic N) is 1. The largest absolute Gasteiger partial charge is 0.385 e. The van der Waals surface area contributed by atoms with Gasteiger partial charge in [0, 0.05) is 12.1 Å². The number of rotatable bonds is 1. The number of hydrogen-bond donors (Lipinski definition) is 2. The van der Waals surface area contributed by atoms with Crippen LogP contribution >= 0.6 is 0 Å². The third-order valence-corrected chi connectivity index (χ3v) is 3.69. The number of H-pyrrole nitrogens is 1. The van der Waals surface area contributed by atoms with Crippen LogP contribution in [0.4, 0.5) is 5.82 Å². The van der Waals surface area contributed by atoms with Gasteiger partial charge in [-0.3, -0.25) is 14.3 Å². The van der Waals surface area contributed by atoms with Crippen molar-refractivity contribution in [2.24, 2.45) is 0 Å². The van der Waals surface area contributed by atoms with E-state index in [9.17, 15) is 9.59 Å². The number of aromatic amines is 1. The van der Waals surface area contributed by atoms with E-state index < -0.39 is 11.2 Å². The summed E-state index contributed by atoms with van der Waals surface area (Å²) in [6.45, 7) is 0. The van der Waals surface area contributed by atoms with E-state index in [1.165, 1.54) is 21.8 Å². The molecule has 1 unspecified atom stereocenters. The van der Waals surface area contributed by atoms with Gasteiger partial charge in [-0.25, -0.2) is 4.79 Å². The summed E-state index contributed by atoms with van der Waals surface area (Å²) in [6.07, 6.45) is 2.55. The lowest BCUT2D eigenvalue weighted by Crippen LogP contribution is -2.36. The maximum Gasteiger partial charge on any atom is 0.330 e. The monoisotopic (exact) mass is 257 g/mol. The average molecular weight is 257 g/mol. The Morgan fingerprint density at radius 2 is 1.95 bits per heavy atom. The molecule has 1 aliphatic rings. The first kappa shape index (κ1) is 11.8. The predicted molar refractivity (Wildman–Crippen MR) is 73.2 cm³/mol. The summed E-state index contributed by atoms with van der Waals surface area (Å²) < 4.78 is 1.50. The van der Waals surface area contributed by atoms with Crippen molar-refractivity contribution in [3.05, 3.63) is 62.3 Å². The molecule has 1 aliphatic carbocycles. The van der Waals surface area contributed by atoms with Gasteiger partial charge in [-0.05, 0) is 30.4 Å². The van der Waals surface area contributed by atoms with Crippen molar-refractivity contribution in [2.75, 3.05) is 5.73 Å². The van der Waals surface area contributed by atoms with Crippen molar-refractivity contribution in [3.63, 3.8) is 0 Å². The topological polar surface area (TPSA) is 80.9 Å². The highest BCUT2D eigenvalue weighted by molar-refractivity contribution is 5.32. The number of anilines is 1. The summed E-state index contributed by atoms with van der Waals surface area (Å²) in [5.74, 6) is 0.234. The molecule has 0 radical (unpaired) electrons. The number of nitrogen functional groups attached to an aromatic ring is 1. The fraction of sp³-hybridized carbons (Fsp3) is 0.286. The fourth-order valence-corrected chi connectivity index (χ4v) is 2.80. The summed E-state index contributed by atoms with van der Waals surface area (Å²) >= 11 is 0. The minimum absolute atomic E-state index is 0.0132. The van der Waals surface area contributed by atoms with E-state index in [-0.39, 0.29) is 11.9 Å². The van der Waals surface area contributed by atoms with Crippen molar-refractivity contribution >= 4 is 5.82 Å². The molecule has 98 valence electrons. The first-order valence-electron chi connectivity index (χ1n) is 6.33. The van der Waals surface area contributed by atoms with Crippen LogP contribution in [0, 0.1) is 0 Å². The van der Waals surface area contributed by atoms with Gasteiger partial charge in [0.1, 0.15) is 5.82 Å². The lowest BCUT2D eigenvalue weighted by molar-refractivity contribution is 0.429. The van der Waals surface area contributed by atoms with E-state index >= 15 is 0 Å². The SMILES string of the molecule is Nc1cc(=O)[nH]c(=O)n1C1CCc2ccccc2C1. The Bertz CT molecular complexity index is 730. The molecule has 5 heteroatoms. The molecule has 0 amide bonds. The summed E-state index contributed by atoms with van der Waals surface area (Å²) in [4.78, 5) is 25.4. The predicted octanol–water partition coefficient (Wildman–Crippen LogP) is 0.849. The van der Waals surface area contributed by atoms with Gasteiger partial charge >= 0.3 is 5.69 Å². The number of aromatic nitrogens is 2. The molecule has 0 aliphatic heterocycles. The van der Waals surface area contributed by atoms with E-state index in [0.29, 0.717) is 0 Å². The summed E-state index contributed by atoms with van der Waals surface area (Å²) in [7, 11) is 0. The van der Waals surface area contributed by atoms with Crippen LogP contribution in [0.3, 0.4) is 0 Å². The summed E-state index contributed by atoms with van der Waals surface area (Å²) in [5.41, 5.74) is 7.52. The zero-order valence-corrected chi connectivity index (χ0v) is 10.4. The van der Waals surface area contributed by atoms with Gasteiger partial charge in [0.2, 0.25) is 0 Å². The molecule has 1 heterocycles. The standard InChI is InChI=1S/C14H15N3O2/c15-12-8-13(18)16-14(19)17(12)11-6-5-9-3-1-2-4-10(9)7-11/h1-4,8,11H,5-7,15H2,(H,16,18,19). The van der Waals surface area contributed by atoms with Gasteiger partial charge in [0.25, 0.3) is 5.56 Å². The third kappa shape index (κ3) is 2.07. The van der Waals surface area contributed by atoms with Crippen molar-refractivity contribution < 1.29 is 0 Å². The van der Waals surface area contributed by atoms with Crippen molar-refractivity contribution in [3.8, 4) is 0 Å². The lowest BCUT2D eigenvalue weighted by atomic mass is 9.88. The number of aryl methyl sites for hydroxylation is 1. The van der Waals surface area contributed by atoms with Crippen LogP contribution in [0.1, 0.15) is 23.6 Å². The molecule has 2 aromatic rings. The van der Waals surface area contributed by atoms with Gasteiger partial charge in [-0.15, -0.1) is 0 Å². The highest BCUT2D eigenvalue weighted by Crippen LogP contribution is 2.28. The average Bonchev–Trinajstić information content (AvgIpc) is 2.37. The van der Waals surface area contributed by atoms with Crippen molar-refractivity contribution in [1.82, 2.24) is 9.55 Å². The fourth-order valence-electron chi connectivity index (χ4n) is 2.80. The Morgan fingerprint density at radius 3 is 2.68 bits per heavy atom. The van der Waals surface area contributed by atoms with E-state index in [1.807, 2.05) is 12.1 Å². The quantitative estimate of drug-likeness (QED) is 0.794. The van der Waals surface area contributed by atoms with E-state index in [1.54, 1.807) is 0 Å². The third-order valence-electron chi connectivity index (χ3n) is 3.69. The molecule has 3 rings (SSSR count). The Labute approximate surface area is 109 Å². The van der Waals surface area contributed by atoms with Crippen LogP contribution in [-0.2, 0) is 12.8 Å². The first-order valence-corrected chi connectivity index (χ1v) is 6.33. The Hall–Kier alpha value is -2.30. The second kappa shape index (κ2) is 4.42. The normalized spacial score (nSPS) is 18.0. The molecule has 3 N–H and O–H groups in total. The van der Waals surface area contributed by atoms with Gasteiger partial charge in [0.05, 0.1) is 0 Å². The minimum atomic E-state index is -0.449. The molecule has 0 saturated carbocycles. The van der Waals surface area contributed by atoms with Crippen LogP contribution in [0.15, 0.2) is 39.9 Å². The van der Waals surface area contributed by atoms with E-state index in [0.717, 1.165) is 19.3 Å². The molecule has 0 spiro atoms. The highest BCUT2D eigenvalue weighted by atomic mass is 16.2. The lowest BCUT2D eigenvalue weighted by Gasteiger charge is -2.27. The number of nitrogens with one attached hydrogen (secondary N) is 1. The van der Waals surface area contributed by atoms with Crippen LogP contribution in [0.5, 0.6) is 0 Å². The number of hydrogen-bond acceptors (Lipinski definition) is 3. The number of fused-ring (bicyclic) bond motifs is 1. The maximum atomic E-state index is 11.9. The zero-order chi connectivity index (χ0) is 13.4. The van der Waals surface area contributed by atoms with E-state index in [2.05, 4.69) is 17.1 Å². The van der Waals surface area contributed by atoms with Crippen LogP contribution < -0.4 is 17.0 Å². The first-order chi connectivity index (χ1) is 9.15. The Kier molecular flexibility index (Phi) is 2.74. The molecule has 19 heavy (non-hydrogen) atoms. The van der Waals surface area contributed by atoms with Gasteiger partial charge in [-0.2, -0.15) is 0 Å². The van der Waals surface area contributed by atoms with Gasteiger partial charge in [0.15, 0.2) is 0 Å². The number of nitrogens with two attached hydrogens (primary N) is 1. The molecule has 0 bridgehead atoms. The summed E-state index contributed by atoms with van der Waals surface area (Å²) in [5, 5.41) is 0. The Morgan fingerprint density at radius 1 is 1.21 bits per heavy atom. The maximum absolute atomic E-state index is 11.9. The van der Waals surface area contributed by atoms with E-state index in [4.69, 9.17) is 5.73 Å². The second-order valence-electron chi connectivity index (χ2n) is 4.90. The molecule has 5 nitrogen and oxygen atoms in total. The Balaban J connectivity index is 2.02. The minimum Gasteiger partial charge on any atom is -0.385 e. The molecule has 1 atom stereocenters. The number of benzene rings is 1. The molecule has 1 aromatic carbocycles. The van der Waals surface area contributed by atoms with Crippen LogP contribution in [-0.4, -0.2) is 9.55 Å². The van der Waals surface area contributed by atoms with Gasteiger partial charge < -0.3 is 5.73 Å². The second-order valence-corrected chi connectivity index (χ2v) is 4.90. The molecular formula is C14H15N3O2. The molecule has 0 fully saturated rings. The van der Waals surface area contributed by atoms with Crippen molar-refractivity contribution in [1.29, 1.82) is 0 Å². The highest BCUT2D eigenvalue weighted by Gasteiger charge is 2.22. The molecular weight excluding hydrogens is 242 g/mol. The van der Waals surface area contributed by atoms with Gasteiger partial charge in [-0.1, -0.05) is 24.3 Å². The molecule has 0 saturated heterocycles. The smallest absolute Gasteiger partial charge is 0.330 e.